The molecule has 0 unspecified atom stereocenters. The molecule has 2 aliphatic rings. The largest absolute Gasteiger partial charge is 0.304 e. The lowest BCUT2D eigenvalue weighted by Crippen LogP contribution is -2.20. The number of hydrogen-bond donors (Lipinski definition) is 1. The summed E-state index contributed by atoms with van der Waals surface area (Å²) in [7, 11) is 0. The van der Waals surface area contributed by atoms with Gasteiger partial charge in [0.25, 0.3) is 0 Å². The quantitative estimate of drug-likeness (QED) is 0.393. The molecule has 0 aromatic heterocycles. The third kappa shape index (κ3) is 2.73. The number of fused-ring (bicyclic) bond motifs is 3. The minimum absolute atomic E-state index is 0.234. The highest BCUT2D eigenvalue weighted by atomic mass is 14.5. The Morgan fingerprint density at radius 1 is 0.630 bits per heavy atom. The van der Waals surface area contributed by atoms with Crippen molar-refractivity contribution in [2.24, 2.45) is 5.92 Å². The summed E-state index contributed by atoms with van der Waals surface area (Å²) >= 11 is 0. The van der Waals surface area contributed by atoms with Crippen molar-refractivity contribution in [3.05, 3.63) is 95.1 Å². The van der Waals surface area contributed by atoms with Crippen molar-refractivity contribution >= 4 is 5.71 Å². The van der Waals surface area contributed by atoms with E-state index < -0.39 is 0 Å². The Labute approximate surface area is 161 Å². The highest BCUT2D eigenvalue weighted by Gasteiger charge is 2.32. The molecule has 0 radical (unpaired) electrons. The molecular weight excluding hydrogens is 326 g/mol. The fourth-order valence-electron chi connectivity index (χ4n) is 5.10. The van der Waals surface area contributed by atoms with Crippen LogP contribution in [0, 0.1) is 11.3 Å². The van der Waals surface area contributed by atoms with Crippen LogP contribution in [0.3, 0.4) is 0 Å². The average Bonchev–Trinajstić information content (AvgIpc) is 3.08. The van der Waals surface area contributed by atoms with Crippen molar-refractivity contribution in [2.45, 2.75) is 38.0 Å². The summed E-state index contributed by atoms with van der Waals surface area (Å²) in [5, 5.41) is 9.00. The molecule has 1 saturated carbocycles. The van der Waals surface area contributed by atoms with Crippen LogP contribution in [0.15, 0.2) is 72.8 Å². The van der Waals surface area contributed by atoms with E-state index in [0.29, 0.717) is 5.92 Å². The monoisotopic (exact) mass is 351 g/mol. The van der Waals surface area contributed by atoms with E-state index in [1.807, 2.05) is 0 Å². The van der Waals surface area contributed by atoms with E-state index >= 15 is 0 Å². The maximum atomic E-state index is 9.00. The van der Waals surface area contributed by atoms with Crippen LogP contribution in [-0.4, -0.2) is 5.71 Å². The molecular formula is C26H25N. The number of nitrogens with one attached hydrogen (secondary N) is 1. The number of rotatable bonds is 3. The molecule has 0 atom stereocenters. The Hall–Kier alpha value is -2.67. The Bertz CT molecular complexity index is 949. The van der Waals surface area contributed by atoms with Crippen LogP contribution in [0.2, 0.25) is 0 Å². The Morgan fingerprint density at radius 2 is 1.15 bits per heavy atom. The van der Waals surface area contributed by atoms with E-state index in [0.717, 1.165) is 11.3 Å². The topological polar surface area (TPSA) is 23.9 Å². The minimum Gasteiger partial charge on any atom is -0.304 e. The van der Waals surface area contributed by atoms with Crippen molar-refractivity contribution in [3.63, 3.8) is 0 Å². The first-order valence-electron chi connectivity index (χ1n) is 10.2. The van der Waals surface area contributed by atoms with Gasteiger partial charge in [-0.2, -0.15) is 0 Å². The first-order chi connectivity index (χ1) is 13.3. The van der Waals surface area contributed by atoms with Gasteiger partial charge in [0.1, 0.15) is 0 Å². The predicted octanol–water partition coefficient (Wildman–Crippen LogP) is 6.80. The van der Waals surface area contributed by atoms with E-state index in [9.17, 15) is 0 Å². The van der Waals surface area contributed by atoms with Crippen molar-refractivity contribution in [1.82, 2.24) is 0 Å². The maximum absolute atomic E-state index is 9.00. The van der Waals surface area contributed by atoms with Gasteiger partial charge in [0, 0.05) is 17.5 Å². The van der Waals surface area contributed by atoms with Crippen LogP contribution in [0.25, 0.3) is 11.1 Å². The fourth-order valence-corrected chi connectivity index (χ4v) is 5.10. The smallest absolute Gasteiger partial charge is 0.0420 e. The van der Waals surface area contributed by atoms with Gasteiger partial charge >= 0.3 is 0 Å². The van der Waals surface area contributed by atoms with Crippen LogP contribution in [0.5, 0.6) is 0 Å². The van der Waals surface area contributed by atoms with Gasteiger partial charge in [-0.15, -0.1) is 0 Å². The third-order valence-corrected chi connectivity index (χ3v) is 6.41. The maximum Gasteiger partial charge on any atom is 0.0420 e. The Morgan fingerprint density at radius 3 is 1.78 bits per heavy atom. The molecule has 1 fully saturated rings. The summed E-state index contributed by atoms with van der Waals surface area (Å²) < 4.78 is 0. The van der Waals surface area contributed by atoms with Gasteiger partial charge in [-0.25, -0.2) is 0 Å². The number of benzene rings is 3. The molecule has 0 spiro atoms. The summed E-state index contributed by atoms with van der Waals surface area (Å²) in [6.45, 7) is 0. The average molecular weight is 351 g/mol. The summed E-state index contributed by atoms with van der Waals surface area (Å²) in [5.74, 6) is 0.657. The molecule has 5 rings (SSSR count). The zero-order chi connectivity index (χ0) is 18.2. The van der Waals surface area contributed by atoms with Gasteiger partial charge < -0.3 is 5.41 Å². The molecule has 1 nitrogen and oxygen atoms in total. The second-order valence-electron chi connectivity index (χ2n) is 7.94. The predicted molar refractivity (Wildman–Crippen MR) is 113 cm³/mol. The van der Waals surface area contributed by atoms with Crippen molar-refractivity contribution in [2.75, 3.05) is 0 Å². The van der Waals surface area contributed by atoms with Crippen LogP contribution in [0.4, 0.5) is 0 Å². The van der Waals surface area contributed by atoms with Crippen molar-refractivity contribution < 1.29 is 0 Å². The zero-order valence-corrected chi connectivity index (χ0v) is 15.6. The first-order valence-corrected chi connectivity index (χ1v) is 10.2. The second kappa shape index (κ2) is 6.81. The lowest BCUT2D eigenvalue weighted by Gasteiger charge is -2.25. The van der Waals surface area contributed by atoms with E-state index in [1.54, 1.807) is 0 Å². The Kier molecular flexibility index (Phi) is 4.16. The lowest BCUT2D eigenvalue weighted by molar-refractivity contribution is 0.438. The molecule has 27 heavy (non-hydrogen) atoms. The van der Waals surface area contributed by atoms with Gasteiger partial charge in [0.15, 0.2) is 0 Å². The van der Waals surface area contributed by atoms with Gasteiger partial charge in [-0.3, -0.25) is 0 Å². The van der Waals surface area contributed by atoms with E-state index in [2.05, 4.69) is 72.8 Å². The molecule has 0 saturated heterocycles. The van der Waals surface area contributed by atoms with Gasteiger partial charge in [-0.1, -0.05) is 92.1 Å². The highest BCUT2D eigenvalue weighted by Crippen LogP contribution is 2.48. The molecule has 1 N–H and O–H groups in total. The molecule has 3 aromatic rings. The van der Waals surface area contributed by atoms with E-state index in [-0.39, 0.29) is 5.92 Å². The lowest BCUT2D eigenvalue weighted by atomic mass is 9.79. The molecule has 1 heteroatoms. The summed E-state index contributed by atoms with van der Waals surface area (Å²) in [5.41, 5.74) is 8.75. The molecule has 134 valence electrons. The molecule has 2 aliphatic carbocycles. The van der Waals surface area contributed by atoms with Crippen LogP contribution >= 0.6 is 0 Å². The van der Waals surface area contributed by atoms with Crippen LogP contribution < -0.4 is 0 Å². The van der Waals surface area contributed by atoms with E-state index in [1.165, 1.54) is 59.9 Å². The highest BCUT2D eigenvalue weighted by molar-refractivity contribution is 6.02. The van der Waals surface area contributed by atoms with Crippen LogP contribution in [0.1, 0.15) is 60.3 Å². The van der Waals surface area contributed by atoms with Crippen LogP contribution in [-0.2, 0) is 0 Å². The van der Waals surface area contributed by atoms with Gasteiger partial charge in [-0.05, 0) is 46.2 Å². The zero-order valence-electron chi connectivity index (χ0n) is 15.6. The summed E-state index contributed by atoms with van der Waals surface area (Å²) in [6.07, 6.45) is 6.21. The molecule has 0 heterocycles. The summed E-state index contributed by atoms with van der Waals surface area (Å²) in [4.78, 5) is 0. The molecule has 0 amide bonds. The summed E-state index contributed by atoms with van der Waals surface area (Å²) in [6, 6.07) is 26.2. The fraction of sp³-hybridized carbons (Fsp3) is 0.269. The van der Waals surface area contributed by atoms with E-state index in [4.69, 9.17) is 5.41 Å². The second-order valence-corrected chi connectivity index (χ2v) is 7.94. The third-order valence-electron chi connectivity index (χ3n) is 6.41. The van der Waals surface area contributed by atoms with Crippen molar-refractivity contribution in [1.29, 1.82) is 5.41 Å². The Balaban J connectivity index is 1.65. The SMILES string of the molecule is N=C(c1ccccc1C1c2ccccc2-c2ccccc21)C1CCCCC1. The minimum atomic E-state index is 0.234. The normalized spacial score (nSPS) is 16.7. The van der Waals surface area contributed by atoms with Gasteiger partial charge in [0.2, 0.25) is 0 Å². The molecule has 0 aliphatic heterocycles. The van der Waals surface area contributed by atoms with Gasteiger partial charge in [0.05, 0.1) is 0 Å². The number of hydrogen-bond acceptors (Lipinski definition) is 1. The van der Waals surface area contributed by atoms with Crippen molar-refractivity contribution in [3.8, 4) is 11.1 Å². The standard InChI is InChI=1S/C26H25N/c27-26(18-10-2-1-3-11-18)24-17-9-8-16-23(24)25-21-14-6-4-12-19(21)20-13-5-7-15-22(20)25/h4-9,12-18,25,27H,1-3,10-11H2. The molecule has 3 aromatic carbocycles. The first kappa shape index (κ1) is 16.5. The molecule has 0 bridgehead atoms.